The van der Waals surface area contributed by atoms with Crippen molar-refractivity contribution in [3.63, 3.8) is 0 Å². The van der Waals surface area contributed by atoms with Gasteiger partial charge in [-0.25, -0.2) is 0 Å². The van der Waals surface area contributed by atoms with Crippen molar-refractivity contribution in [3.05, 3.63) is 58.7 Å². The molecule has 4 amide bonds. The lowest BCUT2D eigenvalue weighted by Crippen LogP contribution is -2.33. The SMILES string of the molecule is CCCCCCCCCCCCCCCCCCC1=CC(=O)N(Cc2ccccc2CN2C(=O)C=C(CCCCCCCCCCCCCCCCCC)C2=O)C1=O. The molecule has 0 fully saturated rings. The molecule has 0 bridgehead atoms. The summed E-state index contributed by atoms with van der Waals surface area (Å²) >= 11 is 0. The van der Waals surface area contributed by atoms with Gasteiger partial charge in [0.25, 0.3) is 23.6 Å². The molecule has 0 atom stereocenters. The monoisotopic (exact) mass is 801 g/mol. The van der Waals surface area contributed by atoms with Crippen LogP contribution in [0.1, 0.15) is 243 Å². The number of rotatable bonds is 38. The van der Waals surface area contributed by atoms with Gasteiger partial charge in [0.1, 0.15) is 0 Å². The largest absolute Gasteiger partial charge is 0.271 e. The van der Waals surface area contributed by atoms with E-state index in [-0.39, 0.29) is 36.7 Å². The number of amides is 4. The lowest BCUT2D eigenvalue weighted by atomic mass is 10.0. The number of carbonyl (C=O) groups is 4. The van der Waals surface area contributed by atoms with Crippen molar-refractivity contribution in [1.82, 2.24) is 9.80 Å². The van der Waals surface area contributed by atoms with Gasteiger partial charge in [0.15, 0.2) is 0 Å². The molecule has 2 aliphatic heterocycles. The maximum Gasteiger partial charge on any atom is 0.257 e. The summed E-state index contributed by atoms with van der Waals surface area (Å²) < 4.78 is 0. The van der Waals surface area contributed by atoms with Crippen LogP contribution in [-0.4, -0.2) is 33.4 Å². The molecule has 1 aromatic rings. The molecule has 1 aromatic carbocycles. The molecule has 2 aliphatic rings. The van der Waals surface area contributed by atoms with Gasteiger partial charge in [-0.2, -0.15) is 0 Å². The maximum atomic E-state index is 13.3. The summed E-state index contributed by atoms with van der Waals surface area (Å²) in [5.41, 5.74) is 2.77. The molecular weight excluding hydrogens is 717 g/mol. The minimum absolute atomic E-state index is 0.141. The van der Waals surface area contributed by atoms with Crippen LogP contribution in [0.5, 0.6) is 0 Å². The van der Waals surface area contributed by atoms with Crippen molar-refractivity contribution in [2.45, 2.75) is 245 Å². The van der Waals surface area contributed by atoms with Gasteiger partial charge in [-0.1, -0.05) is 231 Å². The van der Waals surface area contributed by atoms with Crippen LogP contribution in [0, 0.1) is 0 Å². The fraction of sp³-hybridized carbons (Fsp3) is 0.731. The van der Waals surface area contributed by atoms with Gasteiger partial charge in [-0.15, -0.1) is 0 Å². The maximum absolute atomic E-state index is 13.3. The third-order valence-electron chi connectivity index (χ3n) is 12.5. The molecule has 0 unspecified atom stereocenters. The molecule has 3 rings (SSSR count). The zero-order valence-corrected chi connectivity index (χ0v) is 37.4. The van der Waals surface area contributed by atoms with Crippen LogP contribution in [0.25, 0.3) is 0 Å². The van der Waals surface area contributed by atoms with E-state index >= 15 is 0 Å². The third-order valence-corrected chi connectivity index (χ3v) is 12.5. The average molecular weight is 801 g/mol. The smallest absolute Gasteiger partial charge is 0.257 e. The molecule has 0 N–H and O–H groups in total. The summed E-state index contributed by atoms with van der Waals surface area (Å²) in [6.07, 6.45) is 46.0. The van der Waals surface area contributed by atoms with Crippen LogP contribution in [0.15, 0.2) is 47.6 Å². The Morgan fingerprint density at radius 1 is 0.345 bits per heavy atom. The highest BCUT2D eigenvalue weighted by molar-refractivity contribution is 6.16. The van der Waals surface area contributed by atoms with Gasteiger partial charge in [-0.3, -0.25) is 29.0 Å². The second kappa shape index (κ2) is 31.8. The summed E-state index contributed by atoms with van der Waals surface area (Å²) in [6, 6.07) is 7.53. The quantitative estimate of drug-likeness (QED) is 0.0493. The molecule has 0 spiro atoms. The Morgan fingerprint density at radius 3 is 0.845 bits per heavy atom. The summed E-state index contributed by atoms with van der Waals surface area (Å²) in [7, 11) is 0. The first-order valence-corrected chi connectivity index (χ1v) is 24.7. The van der Waals surface area contributed by atoms with E-state index in [2.05, 4.69) is 13.8 Å². The molecular formula is C52H84N2O4. The predicted octanol–water partition coefficient (Wildman–Crippen LogP) is 14.6. The fourth-order valence-corrected chi connectivity index (χ4v) is 8.72. The highest BCUT2D eigenvalue weighted by atomic mass is 16.2. The average Bonchev–Trinajstić information content (AvgIpc) is 3.65. The van der Waals surface area contributed by atoms with E-state index in [1.54, 1.807) is 0 Å². The first kappa shape index (κ1) is 49.3. The highest BCUT2D eigenvalue weighted by Gasteiger charge is 2.33. The minimum Gasteiger partial charge on any atom is -0.271 e. The first-order chi connectivity index (χ1) is 28.5. The van der Waals surface area contributed by atoms with E-state index < -0.39 is 0 Å². The van der Waals surface area contributed by atoms with Gasteiger partial charge in [0.05, 0.1) is 13.1 Å². The highest BCUT2D eigenvalue weighted by Crippen LogP contribution is 2.26. The summed E-state index contributed by atoms with van der Waals surface area (Å²) in [6.45, 7) is 4.83. The Hall–Kier alpha value is -3.02. The predicted molar refractivity (Wildman–Crippen MR) is 242 cm³/mol. The van der Waals surface area contributed by atoms with Crippen LogP contribution in [0.2, 0.25) is 0 Å². The molecule has 0 aliphatic carbocycles. The van der Waals surface area contributed by atoms with Crippen molar-refractivity contribution in [2.75, 3.05) is 0 Å². The molecule has 6 heteroatoms. The molecule has 0 saturated carbocycles. The second-order valence-corrected chi connectivity index (χ2v) is 17.7. The van der Waals surface area contributed by atoms with E-state index in [0.29, 0.717) is 24.0 Å². The number of imide groups is 2. The van der Waals surface area contributed by atoms with Crippen molar-refractivity contribution >= 4 is 23.6 Å². The molecule has 58 heavy (non-hydrogen) atoms. The number of nitrogens with zero attached hydrogens (tertiary/aromatic N) is 2. The van der Waals surface area contributed by atoms with Crippen LogP contribution in [0.3, 0.4) is 0 Å². The van der Waals surface area contributed by atoms with Crippen molar-refractivity contribution in [1.29, 1.82) is 0 Å². The summed E-state index contributed by atoms with van der Waals surface area (Å²) in [5.74, 6) is -0.974. The molecule has 0 radical (unpaired) electrons. The lowest BCUT2D eigenvalue weighted by Gasteiger charge is -2.20. The van der Waals surface area contributed by atoms with Crippen molar-refractivity contribution < 1.29 is 19.2 Å². The standard InChI is InChI=1S/C52H84N2O4/c1-3-5-7-9-11-13-15-17-19-21-23-25-27-29-31-33-37-45-41-49(55)53(51(45)57)43-47-39-35-36-40-48(47)44-54-50(56)42-46(52(54)58)38-34-32-30-28-26-24-22-20-18-16-14-12-10-8-6-4-2/h35-36,39-42H,3-34,37-38,43-44H2,1-2H3. The number of hydrogen-bond acceptors (Lipinski definition) is 4. The van der Waals surface area contributed by atoms with Crippen molar-refractivity contribution in [2.24, 2.45) is 0 Å². The van der Waals surface area contributed by atoms with Gasteiger partial charge in [0.2, 0.25) is 0 Å². The zero-order chi connectivity index (χ0) is 41.5. The molecule has 2 heterocycles. The van der Waals surface area contributed by atoms with Gasteiger partial charge >= 0.3 is 0 Å². The number of hydrogen-bond donors (Lipinski definition) is 0. The Kier molecular flexibility index (Phi) is 27.1. The number of carbonyl (C=O) groups excluding carboxylic acids is 4. The van der Waals surface area contributed by atoms with Crippen LogP contribution < -0.4 is 0 Å². The first-order valence-electron chi connectivity index (χ1n) is 24.7. The number of benzene rings is 1. The topological polar surface area (TPSA) is 74.8 Å². The van der Waals surface area contributed by atoms with Crippen LogP contribution in [-0.2, 0) is 32.3 Å². The van der Waals surface area contributed by atoms with E-state index in [4.69, 9.17) is 0 Å². The third kappa shape index (κ3) is 20.3. The Labute approximate surface area is 355 Å². The number of unbranched alkanes of at least 4 members (excludes halogenated alkanes) is 30. The van der Waals surface area contributed by atoms with Gasteiger partial charge < -0.3 is 0 Å². The molecule has 6 nitrogen and oxygen atoms in total. The Balaban J connectivity index is 1.24. The van der Waals surface area contributed by atoms with Crippen LogP contribution in [0.4, 0.5) is 0 Å². The second-order valence-electron chi connectivity index (χ2n) is 17.7. The normalized spacial score (nSPS) is 14.4. The van der Waals surface area contributed by atoms with E-state index in [9.17, 15) is 19.2 Å². The Morgan fingerprint density at radius 2 is 0.586 bits per heavy atom. The summed E-state index contributed by atoms with van der Waals surface area (Å²) in [5, 5.41) is 0. The van der Waals surface area contributed by atoms with Gasteiger partial charge in [0, 0.05) is 23.3 Å². The fourth-order valence-electron chi connectivity index (χ4n) is 8.72. The van der Waals surface area contributed by atoms with E-state index in [0.717, 1.165) is 36.8 Å². The summed E-state index contributed by atoms with van der Waals surface area (Å²) in [4.78, 5) is 55.2. The van der Waals surface area contributed by atoms with Gasteiger partial charge in [-0.05, 0) is 36.8 Å². The van der Waals surface area contributed by atoms with E-state index in [1.165, 1.54) is 202 Å². The minimum atomic E-state index is -0.276. The van der Waals surface area contributed by atoms with Crippen LogP contribution >= 0.6 is 0 Å². The molecule has 0 saturated heterocycles. The molecule has 326 valence electrons. The molecule has 0 aromatic heterocycles. The van der Waals surface area contributed by atoms with Crippen molar-refractivity contribution in [3.8, 4) is 0 Å². The van der Waals surface area contributed by atoms with E-state index in [1.807, 2.05) is 24.3 Å². The lowest BCUT2D eigenvalue weighted by molar-refractivity contribution is -0.139. The Bertz CT molecular complexity index is 1280. The zero-order valence-electron chi connectivity index (χ0n) is 37.4.